The average Bonchev–Trinajstić information content (AvgIpc) is 2.35. The van der Waals surface area contributed by atoms with Crippen LogP contribution in [0.5, 0.6) is 0 Å². The molecular formula is C15H22N2O. The molecule has 3 heteroatoms. The van der Waals surface area contributed by atoms with Crippen LogP contribution in [0.3, 0.4) is 0 Å². The van der Waals surface area contributed by atoms with Crippen molar-refractivity contribution in [3.63, 3.8) is 0 Å². The fraction of sp³-hybridized carbons (Fsp3) is 0.533. The molecule has 0 spiro atoms. The van der Waals surface area contributed by atoms with E-state index in [1.165, 1.54) is 0 Å². The van der Waals surface area contributed by atoms with Crippen molar-refractivity contribution in [2.75, 3.05) is 6.54 Å². The van der Waals surface area contributed by atoms with Crippen molar-refractivity contribution in [1.29, 1.82) is 0 Å². The van der Waals surface area contributed by atoms with Gasteiger partial charge in [-0.2, -0.15) is 0 Å². The summed E-state index contributed by atoms with van der Waals surface area (Å²) in [6.07, 6.45) is 1.37. The summed E-state index contributed by atoms with van der Waals surface area (Å²) in [6.45, 7) is 5.05. The number of nitrogens with two attached hydrogens (primary N) is 1. The number of benzene rings is 1. The molecule has 0 aliphatic carbocycles. The van der Waals surface area contributed by atoms with Crippen LogP contribution in [0, 0.1) is 5.92 Å². The largest absolute Gasteiger partial charge is 0.334 e. The molecule has 98 valence electrons. The molecule has 1 saturated heterocycles. The molecule has 3 nitrogen and oxygen atoms in total. The summed E-state index contributed by atoms with van der Waals surface area (Å²) in [5, 5.41) is 0. The molecule has 18 heavy (non-hydrogen) atoms. The lowest BCUT2D eigenvalue weighted by molar-refractivity contribution is -0.138. The maximum atomic E-state index is 12.1. The molecule has 1 amide bonds. The first-order chi connectivity index (χ1) is 8.59. The van der Waals surface area contributed by atoms with Crippen LogP contribution in [0.4, 0.5) is 0 Å². The third-order valence-electron chi connectivity index (χ3n) is 3.46. The van der Waals surface area contributed by atoms with E-state index in [2.05, 4.69) is 26.0 Å². The van der Waals surface area contributed by atoms with E-state index < -0.39 is 0 Å². The van der Waals surface area contributed by atoms with Gasteiger partial charge in [-0.1, -0.05) is 44.2 Å². The molecule has 1 heterocycles. The molecule has 1 fully saturated rings. The molecule has 1 aromatic rings. The third-order valence-corrected chi connectivity index (χ3v) is 3.46. The van der Waals surface area contributed by atoms with Gasteiger partial charge in [0, 0.05) is 19.0 Å². The van der Waals surface area contributed by atoms with Gasteiger partial charge in [0.25, 0.3) is 0 Å². The number of piperidine rings is 1. The highest BCUT2D eigenvalue weighted by Crippen LogP contribution is 2.31. The van der Waals surface area contributed by atoms with Crippen molar-refractivity contribution in [3.05, 3.63) is 35.9 Å². The minimum Gasteiger partial charge on any atom is -0.334 e. The Bertz CT molecular complexity index is 402. The van der Waals surface area contributed by atoms with Crippen LogP contribution < -0.4 is 5.73 Å². The van der Waals surface area contributed by atoms with Crippen LogP contribution in [0.2, 0.25) is 0 Å². The lowest BCUT2D eigenvalue weighted by Gasteiger charge is -2.41. The minimum absolute atomic E-state index is 0.0369. The summed E-state index contributed by atoms with van der Waals surface area (Å²) < 4.78 is 0. The predicted octanol–water partition coefficient (Wildman–Crippen LogP) is 2.33. The van der Waals surface area contributed by atoms with Crippen molar-refractivity contribution in [1.82, 2.24) is 4.90 Å². The number of nitrogens with zero attached hydrogens (tertiary/aromatic N) is 1. The standard InChI is InChI=1S/C15H22N2O/c1-11(2)10-17-14(18)9-8-13(16)15(17)12-6-4-3-5-7-12/h3-7,11,13,15H,8-10,16H2,1-2H3. The van der Waals surface area contributed by atoms with Crippen molar-refractivity contribution in [2.24, 2.45) is 11.7 Å². The van der Waals surface area contributed by atoms with Gasteiger partial charge in [-0.3, -0.25) is 4.79 Å². The van der Waals surface area contributed by atoms with Gasteiger partial charge in [-0.15, -0.1) is 0 Å². The number of hydrogen-bond acceptors (Lipinski definition) is 2. The lowest BCUT2D eigenvalue weighted by Crippen LogP contribution is -2.49. The molecular weight excluding hydrogens is 224 g/mol. The van der Waals surface area contributed by atoms with Crippen molar-refractivity contribution >= 4 is 5.91 Å². The summed E-state index contributed by atoms with van der Waals surface area (Å²) in [5.41, 5.74) is 7.40. The number of likely N-dealkylation sites (tertiary alicyclic amines) is 1. The Morgan fingerprint density at radius 3 is 2.61 bits per heavy atom. The highest BCUT2D eigenvalue weighted by molar-refractivity contribution is 5.78. The Hall–Kier alpha value is -1.35. The number of hydrogen-bond donors (Lipinski definition) is 1. The second-order valence-electron chi connectivity index (χ2n) is 5.50. The summed E-state index contributed by atoms with van der Waals surface area (Å²) in [5.74, 6) is 0.699. The SMILES string of the molecule is CC(C)CN1C(=O)CCC(N)C1c1ccccc1. The molecule has 2 N–H and O–H groups in total. The first-order valence-corrected chi connectivity index (χ1v) is 6.69. The molecule has 0 saturated carbocycles. The van der Waals surface area contributed by atoms with Gasteiger partial charge in [0.05, 0.1) is 6.04 Å². The van der Waals surface area contributed by atoms with Gasteiger partial charge >= 0.3 is 0 Å². The van der Waals surface area contributed by atoms with E-state index >= 15 is 0 Å². The van der Waals surface area contributed by atoms with Gasteiger partial charge in [0.2, 0.25) is 5.91 Å². The number of carbonyl (C=O) groups excluding carboxylic acids is 1. The topological polar surface area (TPSA) is 46.3 Å². The lowest BCUT2D eigenvalue weighted by atomic mass is 9.90. The maximum absolute atomic E-state index is 12.1. The molecule has 2 unspecified atom stereocenters. The summed E-state index contributed by atoms with van der Waals surface area (Å²) in [7, 11) is 0. The van der Waals surface area contributed by atoms with Crippen molar-refractivity contribution in [3.8, 4) is 0 Å². The fourth-order valence-corrected chi connectivity index (χ4v) is 2.66. The van der Waals surface area contributed by atoms with E-state index in [1.807, 2.05) is 23.1 Å². The van der Waals surface area contributed by atoms with Gasteiger partial charge in [-0.25, -0.2) is 0 Å². The Kier molecular flexibility index (Phi) is 4.02. The third kappa shape index (κ3) is 2.72. The first kappa shape index (κ1) is 13.1. The van der Waals surface area contributed by atoms with Crippen LogP contribution >= 0.6 is 0 Å². The molecule has 0 bridgehead atoms. The molecule has 2 rings (SSSR count). The van der Waals surface area contributed by atoms with Crippen LogP contribution in [0.1, 0.15) is 38.3 Å². The van der Waals surface area contributed by atoms with Crippen LogP contribution in [0.15, 0.2) is 30.3 Å². The van der Waals surface area contributed by atoms with Gasteiger partial charge in [0.1, 0.15) is 0 Å². The summed E-state index contributed by atoms with van der Waals surface area (Å²) in [4.78, 5) is 14.1. The average molecular weight is 246 g/mol. The monoisotopic (exact) mass is 246 g/mol. The van der Waals surface area contributed by atoms with Crippen molar-refractivity contribution < 1.29 is 4.79 Å². The summed E-state index contributed by atoms with van der Waals surface area (Å²) >= 11 is 0. The van der Waals surface area contributed by atoms with Gasteiger partial charge in [-0.05, 0) is 17.9 Å². The smallest absolute Gasteiger partial charge is 0.223 e. The number of rotatable bonds is 3. The number of amides is 1. The van der Waals surface area contributed by atoms with E-state index in [1.54, 1.807) is 0 Å². The van der Waals surface area contributed by atoms with Crippen molar-refractivity contribution in [2.45, 2.75) is 38.8 Å². The quantitative estimate of drug-likeness (QED) is 0.889. The molecule has 1 aliphatic heterocycles. The zero-order chi connectivity index (χ0) is 13.1. The fourth-order valence-electron chi connectivity index (χ4n) is 2.66. The van der Waals surface area contributed by atoms with E-state index in [9.17, 15) is 4.79 Å². The van der Waals surface area contributed by atoms with E-state index in [-0.39, 0.29) is 18.0 Å². The molecule has 2 atom stereocenters. The number of carbonyl (C=O) groups is 1. The zero-order valence-electron chi connectivity index (χ0n) is 11.2. The molecule has 0 radical (unpaired) electrons. The van der Waals surface area contributed by atoms with E-state index in [0.717, 1.165) is 18.5 Å². The Labute approximate surface area is 109 Å². The van der Waals surface area contributed by atoms with Crippen LogP contribution in [0.25, 0.3) is 0 Å². The molecule has 1 aromatic carbocycles. The van der Waals surface area contributed by atoms with Crippen LogP contribution in [-0.2, 0) is 4.79 Å². The maximum Gasteiger partial charge on any atom is 0.223 e. The highest BCUT2D eigenvalue weighted by atomic mass is 16.2. The highest BCUT2D eigenvalue weighted by Gasteiger charge is 2.34. The molecule has 1 aliphatic rings. The Morgan fingerprint density at radius 2 is 2.00 bits per heavy atom. The second-order valence-corrected chi connectivity index (χ2v) is 5.50. The molecule has 0 aromatic heterocycles. The summed E-state index contributed by atoms with van der Waals surface area (Å²) in [6, 6.07) is 10.2. The second kappa shape index (κ2) is 5.53. The van der Waals surface area contributed by atoms with Crippen LogP contribution in [-0.4, -0.2) is 23.4 Å². The van der Waals surface area contributed by atoms with E-state index in [0.29, 0.717) is 12.3 Å². The van der Waals surface area contributed by atoms with Gasteiger partial charge < -0.3 is 10.6 Å². The minimum atomic E-state index is 0.0369. The van der Waals surface area contributed by atoms with E-state index in [4.69, 9.17) is 5.73 Å². The predicted molar refractivity (Wildman–Crippen MR) is 72.9 cm³/mol. The first-order valence-electron chi connectivity index (χ1n) is 6.69. The zero-order valence-corrected chi connectivity index (χ0v) is 11.2. The normalized spacial score (nSPS) is 24.7. The Morgan fingerprint density at radius 1 is 1.33 bits per heavy atom. The van der Waals surface area contributed by atoms with Gasteiger partial charge in [0.15, 0.2) is 0 Å². The Balaban J connectivity index is 2.29.